The van der Waals surface area contributed by atoms with Crippen LogP contribution in [0.25, 0.3) is 23.5 Å². The van der Waals surface area contributed by atoms with Gasteiger partial charge in [0.05, 0.1) is 11.4 Å². The Labute approximate surface area is 147 Å². The zero-order chi connectivity index (χ0) is 17.6. The quantitative estimate of drug-likeness (QED) is 0.658. The molecule has 0 aliphatic rings. The van der Waals surface area contributed by atoms with Crippen molar-refractivity contribution in [2.45, 2.75) is 0 Å². The number of carbonyl (C=O) groups excluding carboxylic acids is 1. The molecule has 0 fully saturated rings. The molecule has 0 aliphatic heterocycles. The lowest BCUT2D eigenvalue weighted by Gasteiger charge is -2.11. The van der Waals surface area contributed by atoms with E-state index < -0.39 is 0 Å². The predicted octanol–water partition coefficient (Wildman–Crippen LogP) is 4.19. The average molecular weight is 329 g/mol. The number of anilines is 1. The SMILES string of the molecule is CN(C)c1ccc(/C=C/c2ccnc(-c3cc(C=O)ccn3)c2)cc1. The molecule has 4 heteroatoms. The summed E-state index contributed by atoms with van der Waals surface area (Å²) in [5, 5.41) is 0. The lowest BCUT2D eigenvalue weighted by Crippen LogP contribution is -2.07. The van der Waals surface area contributed by atoms with Gasteiger partial charge in [0, 0.05) is 37.7 Å². The third kappa shape index (κ3) is 4.18. The van der Waals surface area contributed by atoms with E-state index in [0.717, 1.165) is 23.1 Å². The predicted molar refractivity (Wildman–Crippen MR) is 103 cm³/mol. The van der Waals surface area contributed by atoms with Crippen LogP contribution in [0.1, 0.15) is 21.5 Å². The fourth-order valence-corrected chi connectivity index (χ4v) is 2.43. The molecule has 0 saturated carbocycles. The lowest BCUT2D eigenvalue weighted by atomic mass is 10.1. The largest absolute Gasteiger partial charge is 0.378 e. The molecule has 0 N–H and O–H groups in total. The molecule has 0 atom stereocenters. The molecule has 4 nitrogen and oxygen atoms in total. The minimum atomic E-state index is 0.591. The van der Waals surface area contributed by atoms with Gasteiger partial charge in [-0.1, -0.05) is 24.3 Å². The highest BCUT2D eigenvalue weighted by Gasteiger charge is 2.02. The molecule has 0 unspecified atom stereocenters. The Hall–Kier alpha value is -3.27. The first-order valence-corrected chi connectivity index (χ1v) is 7.99. The highest BCUT2D eigenvalue weighted by molar-refractivity contribution is 5.77. The van der Waals surface area contributed by atoms with Gasteiger partial charge in [0.1, 0.15) is 6.29 Å². The summed E-state index contributed by atoms with van der Waals surface area (Å²) < 4.78 is 0. The number of nitrogens with zero attached hydrogens (tertiary/aromatic N) is 3. The van der Waals surface area contributed by atoms with Crippen molar-refractivity contribution in [3.8, 4) is 11.4 Å². The second-order valence-corrected chi connectivity index (χ2v) is 5.89. The third-order valence-corrected chi connectivity index (χ3v) is 3.84. The molecule has 0 amide bonds. The van der Waals surface area contributed by atoms with Crippen LogP contribution in [-0.4, -0.2) is 30.3 Å². The van der Waals surface area contributed by atoms with E-state index in [1.165, 1.54) is 5.69 Å². The summed E-state index contributed by atoms with van der Waals surface area (Å²) in [6, 6.07) is 15.7. The van der Waals surface area contributed by atoms with Crippen LogP contribution < -0.4 is 4.90 Å². The van der Waals surface area contributed by atoms with Crippen LogP contribution in [0.4, 0.5) is 5.69 Å². The summed E-state index contributed by atoms with van der Waals surface area (Å²) in [6.07, 6.45) is 8.29. The number of benzene rings is 1. The molecular formula is C21H19N3O. The first kappa shape index (κ1) is 16.6. The zero-order valence-electron chi connectivity index (χ0n) is 14.3. The number of rotatable bonds is 5. The molecule has 2 aromatic heterocycles. The van der Waals surface area contributed by atoms with E-state index in [1.54, 1.807) is 24.5 Å². The van der Waals surface area contributed by atoms with Crippen LogP contribution in [0.5, 0.6) is 0 Å². The van der Waals surface area contributed by atoms with Crippen LogP contribution in [0, 0.1) is 0 Å². The van der Waals surface area contributed by atoms with Gasteiger partial charge in [-0.15, -0.1) is 0 Å². The Kier molecular flexibility index (Phi) is 5.00. The fourth-order valence-electron chi connectivity index (χ4n) is 2.43. The summed E-state index contributed by atoms with van der Waals surface area (Å²) in [5.41, 5.74) is 5.35. The monoisotopic (exact) mass is 329 g/mol. The van der Waals surface area contributed by atoms with Crippen molar-refractivity contribution in [1.82, 2.24) is 9.97 Å². The van der Waals surface area contributed by atoms with Gasteiger partial charge in [0.2, 0.25) is 0 Å². The Morgan fingerprint density at radius 1 is 0.760 bits per heavy atom. The first-order valence-electron chi connectivity index (χ1n) is 7.99. The van der Waals surface area contributed by atoms with Crippen LogP contribution >= 0.6 is 0 Å². The molecular weight excluding hydrogens is 310 g/mol. The molecule has 0 radical (unpaired) electrons. The van der Waals surface area contributed by atoms with Gasteiger partial charge >= 0.3 is 0 Å². The minimum Gasteiger partial charge on any atom is -0.378 e. The smallest absolute Gasteiger partial charge is 0.150 e. The van der Waals surface area contributed by atoms with Crippen molar-refractivity contribution >= 4 is 24.1 Å². The van der Waals surface area contributed by atoms with E-state index in [4.69, 9.17) is 0 Å². The normalized spacial score (nSPS) is 10.8. The Morgan fingerprint density at radius 3 is 1.92 bits per heavy atom. The minimum absolute atomic E-state index is 0.591. The van der Waals surface area contributed by atoms with Crippen LogP contribution in [0.3, 0.4) is 0 Å². The molecule has 124 valence electrons. The molecule has 0 saturated heterocycles. The van der Waals surface area contributed by atoms with Gasteiger partial charge in [0.15, 0.2) is 0 Å². The highest BCUT2D eigenvalue weighted by Crippen LogP contribution is 2.18. The van der Waals surface area contributed by atoms with Gasteiger partial charge in [-0.05, 0) is 47.5 Å². The number of aldehydes is 1. The van der Waals surface area contributed by atoms with Crippen molar-refractivity contribution in [2.24, 2.45) is 0 Å². The second-order valence-electron chi connectivity index (χ2n) is 5.89. The number of aromatic nitrogens is 2. The van der Waals surface area contributed by atoms with Crippen LogP contribution in [0.15, 0.2) is 60.9 Å². The van der Waals surface area contributed by atoms with E-state index in [1.807, 2.05) is 32.3 Å². The van der Waals surface area contributed by atoms with Crippen molar-refractivity contribution in [2.75, 3.05) is 19.0 Å². The van der Waals surface area contributed by atoms with E-state index >= 15 is 0 Å². The summed E-state index contributed by atoms with van der Waals surface area (Å²) in [4.78, 5) is 21.6. The number of carbonyl (C=O) groups is 1. The van der Waals surface area contributed by atoms with Gasteiger partial charge in [-0.25, -0.2) is 0 Å². The zero-order valence-corrected chi connectivity index (χ0v) is 14.3. The topological polar surface area (TPSA) is 46.1 Å². The Morgan fingerprint density at radius 2 is 1.32 bits per heavy atom. The van der Waals surface area contributed by atoms with Gasteiger partial charge in [0.25, 0.3) is 0 Å². The lowest BCUT2D eigenvalue weighted by molar-refractivity contribution is 0.112. The second kappa shape index (κ2) is 7.53. The Balaban J connectivity index is 1.82. The first-order chi connectivity index (χ1) is 12.2. The van der Waals surface area contributed by atoms with E-state index in [0.29, 0.717) is 11.3 Å². The summed E-state index contributed by atoms with van der Waals surface area (Å²) in [5.74, 6) is 0. The number of hydrogen-bond donors (Lipinski definition) is 0. The third-order valence-electron chi connectivity index (χ3n) is 3.84. The molecule has 2 heterocycles. The van der Waals surface area contributed by atoms with E-state index in [9.17, 15) is 4.79 Å². The van der Waals surface area contributed by atoms with Crippen LogP contribution in [-0.2, 0) is 0 Å². The van der Waals surface area contributed by atoms with Gasteiger partial charge < -0.3 is 4.90 Å². The summed E-state index contributed by atoms with van der Waals surface area (Å²) in [6.45, 7) is 0. The number of hydrogen-bond acceptors (Lipinski definition) is 4. The molecule has 0 bridgehead atoms. The van der Waals surface area contributed by atoms with Crippen molar-refractivity contribution in [3.63, 3.8) is 0 Å². The van der Waals surface area contributed by atoms with E-state index in [2.05, 4.69) is 45.2 Å². The van der Waals surface area contributed by atoms with Gasteiger partial charge in [-0.2, -0.15) is 0 Å². The van der Waals surface area contributed by atoms with Gasteiger partial charge in [-0.3, -0.25) is 14.8 Å². The standard InChI is InChI=1S/C21H19N3O/c1-24(2)19-7-5-16(6-8-19)3-4-17-9-11-22-20(13-17)21-14-18(15-25)10-12-23-21/h3-15H,1-2H3/b4-3+. The van der Waals surface area contributed by atoms with Crippen LogP contribution in [0.2, 0.25) is 0 Å². The molecule has 3 aromatic rings. The van der Waals surface area contributed by atoms with E-state index in [-0.39, 0.29) is 0 Å². The molecule has 0 aliphatic carbocycles. The molecule has 0 spiro atoms. The fraction of sp³-hybridized carbons (Fsp3) is 0.0952. The van der Waals surface area contributed by atoms with Crippen molar-refractivity contribution < 1.29 is 4.79 Å². The molecule has 1 aromatic carbocycles. The molecule has 25 heavy (non-hydrogen) atoms. The van der Waals surface area contributed by atoms with Crippen molar-refractivity contribution in [1.29, 1.82) is 0 Å². The maximum absolute atomic E-state index is 10.9. The summed E-state index contributed by atoms with van der Waals surface area (Å²) in [7, 11) is 4.05. The maximum atomic E-state index is 10.9. The highest BCUT2D eigenvalue weighted by atomic mass is 16.1. The maximum Gasteiger partial charge on any atom is 0.150 e. The number of pyridine rings is 2. The van der Waals surface area contributed by atoms with Crippen molar-refractivity contribution in [3.05, 3.63) is 77.6 Å². The average Bonchev–Trinajstić information content (AvgIpc) is 2.67. The Bertz CT molecular complexity index is 899. The summed E-state index contributed by atoms with van der Waals surface area (Å²) >= 11 is 0. The molecule has 3 rings (SSSR count).